The summed E-state index contributed by atoms with van der Waals surface area (Å²) in [7, 11) is 0. The van der Waals surface area contributed by atoms with Gasteiger partial charge in [-0.2, -0.15) is 5.10 Å². The Hall–Kier alpha value is -2.77. The van der Waals surface area contributed by atoms with E-state index in [9.17, 15) is 19.7 Å². The van der Waals surface area contributed by atoms with E-state index in [2.05, 4.69) is 10.5 Å². The molecule has 0 fully saturated rings. The molecule has 0 saturated heterocycles. The highest BCUT2D eigenvalue weighted by molar-refractivity contribution is 6.02. The van der Waals surface area contributed by atoms with Crippen molar-refractivity contribution in [3.8, 4) is 0 Å². The summed E-state index contributed by atoms with van der Waals surface area (Å²) in [5, 5.41) is 14.6. The molecule has 0 aromatic heterocycles. The topological polar surface area (TPSA) is 111 Å². The number of non-ortho nitro benzene ring substituents is 1. The Labute approximate surface area is 140 Å². The summed E-state index contributed by atoms with van der Waals surface area (Å²) in [6.07, 6.45) is 1.34. The van der Waals surface area contributed by atoms with Crippen molar-refractivity contribution in [1.82, 2.24) is 5.43 Å². The van der Waals surface area contributed by atoms with E-state index in [1.54, 1.807) is 13.8 Å². The molecular weight excluding hydrogens is 314 g/mol. The lowest BCUT2D eigenvalue weighted by Crippen LogP contribution is -2.27. The van der Waals surface area contributed by atoms with Gasteiger partial charge < -0.3 is 4.74 Å². The number of nitrogens with one attached hydrogen (secondary N) is 1. The number of nitro groups is 1. The summed E-state index contributed by atoms with van der Waals surface area (Å²) in [5.74, 6) is -1.39. The molecule has 8 heteroatoms. The maximum absolute atomic E-state index is 12.0. The number of benzene rings is 1. The Bertz CT molecular complexity index is 625. The van der Waals surface area contributed by atoms with Crippen molar-refractivity contribution in [1.29, 1.82) is 0 Å². The van der Waals surface area contributed by atoms with E-state index in [4.69, 9.17) is 4.74 Å². The van der Waals surface area contributed by atoms with Crippen LogP contribution in [-0.2, 0) is 9.53 Å². The van der Waals surface area contributed by atoms with E-state index >= 15 is 0 Å². The van der Waals surface area contributed by atoms with Crippen LogP contribution in [0.4, 0.5) is 5.69 Å². The molecule has 0 radical (unpaired) electrons. The van der Waals surface area contributed by atoms with Gasteiger partial charge in [-0.1, -0.05) is 13.3 Å². The monoisotopic (exact) mass is 335 g/mol. The molecule has 1 N–H and O–H groups in total. The Morgan fingerprint density at radius 2 is 1.92 bits per heavy atom. The van der Waals surface area contributed by atoms with Crippen molar-refractivity contribution in [3.05, 3.63) is 39.9 Å². The van der Waals surface area contributed by atoms with Gasteiger partial charge in [-0.3, -0.25) is 19.7 Å². The minimum Gasteiger partial charge on any atom is -0.465 e. The van der Waals surface area contributed by atoms with Crippen molar-refractivity contribution >= 4 is 23.3 Å². The quantitative estimate of drug-likeness (QED) is 0.340. The van der Waals surface area contributed by atoms with Gasteiger partial charge in [-0.15, -0.1) is 0 Å². The van der Waals surface area contributed by atoms with Gasteiger partial charge in [-0.25, -0.2) is 5.43 Å². The molecule has 1 amide bonds. The fraction of sp³-hybridized carbons (Fsp3) is 0.438. The molecule has 0 aliphatic carbocycles. The summed E-state index contributed by atoms with van der Waals surface area (Å²) in [6.45, 7) is 5.59. The molecule has 1 rings (SSSR count). The number of hydrogen-bond acceptors (Lipinski definition) is 6. The van der Waals surface area contributed by atoms with Crippen molar-refractivity contribution in [2.24, 2.45) is 11.0 Å². The summed E-state index contributed by atoms with van der Waals surface area (Å²) in [4.78, 5) is 34.0. The van der Waals surface area contributed by atoms with E-state index in [-0.39, 0.29) is 23.8 Å². The predicted molar refractivity (Wildman–Crippen MR) is 88.7 cm³/mol. The molecule has 0 saturated carbocycles. The molecule has 0 spiro atoms. The lowest BCUT2D eigenvalue weighted by molar-refractivity contribution is -0.384. The van der Waals surface area contributed by atoms with Crippen molar-refractivity contribution in [3.63, 3.8) is 0 Å². The molecule has 0 unspecified atom stereocenters. The number of ether oxygens (including phenoxy) is 1. The van der Waals surface area contributed by atoms with Gasteiger partial charge in [0, 0.05) is 23.4 Å². The summed E-state index contributed by atoms with van der Waals surface area (Å²) < 4.78 is 5.01. The number of carbonyl (C=O) groups is 2. The number of carbonyl (C=O) groups excluding carboxylic acids is 2. The number of rotatable bonds is 8. The number of amides is 1. The average Bonchev–Trinajstić information content (AvgIpc) is 2.57. The maximum Gasteiger partial charge on any atom is 0.314 e. The van der Waals surface area contributed by atoms with Crippen molar-refractivity contribution < 1.29 is 19.2 Å². The maximum atomic E-state index is 12.0. The minimum atomic E-state index is -0.543. The fourth-order valence-electron chi connectivity index (χ4n) is 2.04. The van der Waals surface area contributed by atoms with E-state index in [0.29, 0.717) is 12.1 Å². The molecule has 1 aromatic carbocycles. The van der Waals surface area contributed by atoms with Crippen molar-refractivity contribution in [2.45, 2.75) is 33.6 Å². The summed E-state index contributed by atoms with van der Waals surface area (Å²) >= 11 is 0. The number of hydrogen-bond donors (Lipinski definition) is 1. The Morgan fingerprint density at radius 1 is 1.29 bits per heavy atom. The van der Waals surface area contributed by atoms with Crippen LogP contribution in [0, 0.1) is 16.0 Å². The van der Waals surface area contributed by atoms with E-state index < -0.39 is 16.7 Å². The number of hydrazone groups is 1. The second-order valence-electron chi connectivity index (χ2n) is 5.09. The molecular formula is C16H21N3O5. The van der Waals surface area contributed by atoms with Gasteiger partial charge in [0.25, 0.3) is 11.6 Å². The summed E-state index contributed by atoms with van der Waals surface area (Å²) in [5.41, 5.74) is 2.94. The van der Waals surface area contributed by atoms with Gasteiger partial charge in [-0.05, 0) is 32.4 Å². The van der Waals surface area contributed by atoms with E-state index in [1.807, 2.05) is 6.92 Å². The normalized spacial score (nSPS) is 12.4. The minimum absolute atomic E-state index is 0.100. The third-order valence-corrected chi connectivity index (χ3v) is 3.33. The van der Waals surface area contributed by atoms with Crippen LogP contribution in [0.1, 0.15) is 44.0 Å². The van der Waals surface area contributed by atoms with Crippen LogP contribution in [-0.4, -0.2) is 29.1 Å². The first-order valence-electron chi connectivity index (χ1n) is 7.66. The summed E-state index contributed by atoms with van der Waals surface area (Å²) in [6, 6.07) is 5.16. The number of esters is 1. The van der Waals surface area contributed by atoms with E-state index in [0.717, 1.165) is 6.42 Å². The standard InChI is InChI=1S/C16H21N3O5/c1-4-6-14(16(21)24-5-2)11(3)17-18-15(20)12-7-9-13(10-8-12)19(22)23/h7-10,14H,4-6H2,1-3H3,(H,18,20)/t14-/m1/s1. The van der Waals surface area contributed by atoms with Gasteiger partial charge in [0.05, 0.1) is 17.4 Å². The molecule has 1 atom stereocenters. The van der Waals surface area contributed by atoms with Gasteiger partial charge in [0.15, 0.2) is 0 Å². The fourth-order valence-corrected chi connectivity index (χ4v) is 2.04. The second-order valence-corrected chi connectivity index (χ2v) is 5.09. The van der Waals surface area contributed by atoms with Crippen LogP contribution in [0.2, 0.25) is 0 Å². The Balaban J connectivity index is 2.78. The molecule has 0 aliphatic rings. The molecule has 1 aromatic rings. The average molecular weight is 335 g/mol. The second kappa shape index (κ2) is 9.39. The van der Waals surface area contributed by atoms with Crippen LogP contribution in [0.25, 0.3) is 0 Å². The first kappa shape index (κ1) is 19.3. The van der Waals surface area contributed by atoms with Crippen LogP contribution < -0.4 is 5.43 Å². The van der Waals surface area contributed by atoms with Crippen LogP contribution >= 0.6 is 0 Å². The van der Waals surface area contributed by atoms with Crippen LogP contribution in [0.5, 0.6) is 0 Å². The highest BCUT2D eigenvalue weighted by Crippen LogP contribution is 2.13. The first-order chi connectivity index (χ1) is 11.4. The molecule has 0 aliphatic heterocycles. The Kier molecular flexibility index (Phi) is 7.54. The molecule has 0 bridgehead atoms. The molecule has 24 heavy (non-hydrogen) atoms. The van der Waals surface area contributed by atoms with Gasteiger partial charge in [0.2, 0.25) is 0 Å². The zero-order chi connectivity index (χ0) is 18.1. The highest BCUT2D eigenvalue weighted by atomic mass is 16.6. The zero-order valence-corrected chi connectivity index (χ0v) is 13.9. The van der Waals surface area contributed by atoms with Crippen LogP contribution in [0.15, 0.2) is 29.4 Å². The van der Waals surface area contributed by atoms with Gasteiger partial charge in [0.1, 0.15) is 0 Å². The molecule has 130 valence electrons. The molecule has 0 heterocycles. The molecule has 8 nitrogen and oxygen atoms in total. The Morgan fingerprint density at radius 3 is 2.42 bits per heavy atom. The highest BCUT2D eigenvalue weighted by Gasteiger charge is 2.22. The number of nitro benzene ring substituents is 1. The predicted octanol–water partition coefficient (Wildman–Crippen LogP) is 2.68. The lowest BCUT2D eigenvalue weighted by atomic mass is 9.99. The van der Waals surface area contributed by atoms with Gasteiger partial charge >= 0.3 is 5.97 Å². The number of nitrogens with zero attached hydrogens (tertiary/aromatic N) is 2. The zero-order valence-electron chi connectivity index (χ0n) is 13.9. The third kappa shape index (κ3) is 5.45. The first-order valence-corrected chi connectivity index (χ1v) is 7.66. The third-order valence-electron chi connectivity index (χ3n) is 3.33. The smallest absolute Gasteiger partial charge is 0.314 e. The van der Waals surface area contributed by atoms with E-state index in [1.165, 1.54) is 24.3 Å². The lowest BCUT2D eigenvalue weighted by Gasteiger charge is -2.14. The van der Waals surface area contributed by atoms with Crippen LogP contribution in [0.3, 0.4) is 0 Å². The van der Waals surface area contributed by atoms with Crippen molar-refractivity contribution in [2.75, 3.05) is 6.61 Å². The largest absolute Gasteiger partial charge is 0.465 e. The SMILES string of the molecule is CCC[C@@H](C(=O)OCC)C(C)=NNC(=O)c1ccc([N+](=O)[O-])cc1.